The van der Waals surface area contributed by atoms with Gasteiger partial charge in [0.2, 0.25) is 0 Å². The van der Waals surface area contributed by atoms with E-state index in [1.54, 1.807) is 18.6 Å². The van der Waals surface area contributed by atoms with Gasteiger partial charge in [0.1, 0.15) is 5.54 Å². The summed E-state index contributed by atoms with van der Waals surface area (Å²) < 4.78 is 5.13. The minimum absolute atomic E-state index is 0.206. The molecule has 1 N–H and O–H groups in total. The van der Waals surface area contributed by atoms with Crippen LogP contribution in [0.4, 0.5) is 0 Å². The number of carbonyl (C=O) groups excluding carboxylic acids is 1. The van der Waals surface area contributed by atoms with Crippen LogP contribution < -0.4 is 5.32 Å². The van der Waals surface area contributed by atoms with Crippen molar-refractivity contribution in [2.45, 2.75) is 32.2 Å². The van der Waals surface area contributed by atoms with Crippen molar-refractivity contribution in [2.24, 2.45) is 0 Å². The fourth-order valence-corrected chi connectivity index (χ4v) is 2.05. The Morgan fingerprint density at radius 1 is 1.50 bits per heavy atom. The number of aromatic nitrogens is 2. The van der Waals surface area contributed by atoms with Gasteiger partial charge in [-0.2, -0.15) is 0 Å². The maximum absolute atomic E-state index is 12.0. The number of hydrogen-bond donors (Lipinski definition) is 1. The second-order valence-electron chi connectivity index (χ2n) is 4.24. The van der Waals surface area contributed by atoms with E-state index in [0.717, 1.165) is 11.3 Å². The van der Waals surface area contributed by atoms with Crippen molar-refractivity contribution < 1.29 is 9.53 Å². The summed E-state index contributed by atoms with van der Waals surface area (Å²) in [5.41, 5.74) is 1.13. The van der Waals surface area contributed by atoms with Crippen LogP contribution in [0.25, 0.3) is 5.57 Å². The van der Waals surface area contributed by atoms with Crippen molar-refractivity contribution in [3.8, 4) is 0 Å². The highest BCUT2D eigenvalue weighted by Gasteiger charge is 2.42. The molecule has 0 saturated heterocycles. The summed E-state index contributed by atoms with van der Waals surface area (Å²) in [5.74, 6) is -0.206. The molecule has 1 aliphatic heterocycles. The number of nitrogens with one attached hydrogen (secondary N) is 1. The van der Waals surface area contributed by atoms with Crippen LogP contribution in [-0.4, -0.2) is 28.1 Å². The molecule has 2 rings (SSSR count). The number of hydrogen-bond acceptors (Lipinski definition) is 5. The van der Waals surface area contributed by atoms with E-state index in [1.807, 2.05) is 20.0 Å². The predicted octanol–water partition coefficient (Wildman–Crippen LogP) is 1.52. The lowest BCUT2D eigenvalue weighted by Gasteiger charge is -2.26. The van der Waals surface area contributed by atoms with Crippen LogP contribution in [0.2, 0.25) is 0 Å². The summed E-state index contributed by atoms with van der Waals surface area (Å²) >= 11 is 0. The molecule has 1 unspecified atom stereocenters. The van der Waals surface area contributed by atoms with E-state index in [4.69, 9.17) is 4.74 Å². The first-order valence-corrected chi connectivity index (χ1v) is 6.12. The number of esters is 1. The third kappa shape index (κ3) is 2.20. The lowest BCUT2D eigenvalue weighted by molar-refractivity contribution is -0.150. The molecule has 0 fully saturated rings. The minimum Gasteiger partial charge on any atom is -0.464 e. The van der Waals surface area contributed by atoms with Crippen LogP contribution in [-0.2, 0) is 9.53 Å². The van der Waals surface area contributed by atoms with E-state index in [2.05, 4.69) is 15.3 Å². The quantitative estimate of drug-likeness (QED) is 0.817. The summed E-state index contributed by atoms with van der Waals surface area (Å²) in [6.45, 7) is 4.17. The van der Waals surface area contributed by atoms with Crippen LogP contribution in [0.5, 0.6) is 0 Å². The number of ether oxygens (including phenoxy) is 1. The van der Waals surface area contributed by atoms with Crippen molar-refractivity contribution >= 4 is 11.5 Å². The third-order valence-electron chi connectivity index (χ3n) is 3.18. The van der Waals surface area contributed by atoms with E-state index in [1.165, 1.54) is 0 Å². The zero-order chi connectivity index (χ0) is 13.0. The summed E-state index contributed by atoms with van der Waals surface area (Å²) in [6.07, 6.45) is 8.07. The topological polar surface area (TPSA) is 64.1 Å². The molecule has 0 saturated carbocycles. The zero-order valence-electron chi connectivity index (χ0n) is 10.6. The molecule has 1 aliphatic rings. The van der Waals surface area contributed by atoms with Gasteiger partial charge < -0.3 is 10.1 Å². The summed E-state index contributed by atoms with van der Waals surface area (Å²) in [5, 5.41) is 3.15. The Kier molecular flexibility index (Phi) is 3.60. The third-order valence-corrected chi connectivity index (χ3v) is 3.18. The van der Waals surface area contributed by atoms with Gasteiger partial charge >= 0.3 is 5.97 Å². The average Bonchev–Trinajstić information content (AvgIpc) is 2.86. The average molecular weight is 247 g/mol. The predicted molar refractivity (Wildman–Crippen MR) is 67.4 cm³/mol. The zero-order valence-corrected chi connectivity index (χ0v) is 10.6. The second kappa shape index (κ2) is 5.16. The van der Waals surface area contributed by atoms with Gasteiger partial charge in [-0.15, -0.1) is 0 Å². The summed E-state index contributed by atoms with van der Waals surface area (Å²) in [4.78, 5) is 20.3. The Morgan fingerprint density at radius 3 is 2.94 bits per heavy atom. The second-order valence-corrected chi connectivity index (χ2v) is 4.24. The highest BCUT2D eigenvalue weighted by Crippen LogP contribution is 2.32. The molecule has 0 aromatic carbocycles. The maximum atomic E-state index is 12.0. The van der Waals surface area contributed by atoms with Crippen LogP contribution in [0.3, 0.4) is 0 Å². The lowest BCUT2D eigenvalue weighted by atomic mass is 9.91. The largest absolute Gasteiger partial charge is 0.464 e. The van der Waals surface area contributed by atoms with Gasteiger partial charge in [0.15, 0.2) is 0 Å². The molecular formula is C13H17N3O2. The standard InChI is InChI=1S/C13H17N3O2/c1-3-13(12(17)18-4-2)7-10(8-16-13)11-9-14-5-6-15-11/h5-6,8-9,16H,3-4,7H2,1-2H3. The lowest BCUT2D eigenvalue weighted by Crippen LogP contribution is -2.47. The Balaban J connectivity index is 2.16. The Hall–Kier alpha value is -1.91. The van der Waals surface area contributed by atoms with Crippen molar-refractivity contribution in [3.63, 3.8) is 0 Å². The molecule has 1 aromatic heterocycles. The summed E-state index contributed by atoms with van der Waals surface area (Å²) in [7, 11) is 0. The van der Waals surface area contributed by atoms with E-state index in [-0.39, 0.29) is 5.97 Å². The van der Waals surface area contributed by atoms with E-state index >= 15 is 0 Å². The van der Waals surface area contributed by atoms with E-state index < -0.39 is 5.54 Å². The molecule has 0 aliphatic carbocycles. The molecule has 5 heteroatoms. The van der Waals surface area contributed by atoms with E-state index in [9.17, 15) is 4.79 Å². The molecule has 0 bridgehead atoms. The Bertz CT molecular complexity index is 459. The molecule has 1 aromatic rings. The van der Waals surface area contributed by atoms with Crippen molar-refractivity contribution in [1.82, 2.24) is 15.3 Å². The van der Waals surface area contributed by atoms with Gasteiger partial charge in [-0.25, -0.2) is 4.79 Å². The molecule has 5 nitrogen and oxygen atoms in total. The maximum Gasteiger partial charge on any atom is 0.332 e. The number of rotatable bonds is 4. The van der Waals surface area contributed by atoms with Crippen LogP contribution in [0.1, 0.15) is 32.4 Å². The molecular weight excluding hydrogens is 230 g/mol. The minimum atomic E-state index is -0.650. The highest BCUT2D eigenvalue weighted by atomic mass is 16.5. The van der Waals surface area contributed by atoms with Gasteiger partial charge in [-0.1, -0.05) is 6.92 Å². The molecule has 96 valence electrons. The fourth-order valence-electron chi connectivity index (χ4n) is 2.05. The summed E-state index contributed by atoms with van der Waals surface area (Å²) in [6, 6.07) is 0. The van der Waals surface area contributed by atoms with Crippen LogP contribution in [0.15, 0.2) is 24.8 Å². The first-order valence-electron chi connectivity index (χ1n) is 6.12. The normalized spacial score (nSPS) is 22.2. The number of nitrogens with zero attached hydrogens (tertiary/aromatic N) is 2. The van der Waals surface area contributed by atoms with Crippen molar-refractivity contribution in [1.29, 1.82) is 0 Å². The van der Waals surface area contributed by atoms with E-state index in [0.29, 0.717) is 19.4 Å². The molecule has 2 heterocycles. The van der Waals surface area contributed by atoms with Gasteiger partial charge in [0.05, 0.1) is 18.5 Å². The molecule has 0 amide bonds. The molecule has 1 atom stereocenters. The Labute approximate surface area is 106 Å². The van der Waals surface area contributed by atoms with Crippen LogP contribution >= 0.6 is 0 Å². The monoisotopic (exact) mass is 247 g/mol. The van der Waals surface area contributed by atoms with Crippen molar-refractivity contribution in [2.75, 3.05) is 6.61 Å². The van der Waals surface area contributed by atoms with Crippen molar-refractivity contribution in [3.05, 3.63) is 30.5 Å². The Morgan fingerprint density at radius 2 is 2.33 bits per heavy atom. The number of carbonyl (C=O) groups is 1. The molecule has 0 spiro atoms. The highest BCUT2D eigenvalue weighted by molar-refractivity contribution is 5.86. The molecule has 18 heavy (non-hydrogen) atoms. The van der Waals surface area contributed by atoms with Crippen LogP contribution in [0, 0.1) is 0 Å². The fraction of sp³-hybridized carbons (Fsp3) is 0.462. The van der Waals surface area contributed by atoms with Gasteiger partial charge in [-0.3, -0.25) is 9.97 Å². The SMILES string of the molecule is CCOC(=O)C1(CC)CC(c2cnccn2)=CN1. The van der Waals surface area contributed by atoms with Gasteiger partial charge in [0, 0.05) is 25.0 Å². The van der Waals surface area contributed by atoms with Gasteiger partial charge in [-0.05, 0) is 18.9 Å². The first kappa shape index (κ1) is 12.5. The van der Waals surface area contributed by atoms with Gasteiger partial charge in [0.25, 0.3) is 0 Å². The first-order chi connectivity index (χ1) is 8.72. The smallest absolute Gasteiger partial charge is 0.332 e. The molecule has 0 radical (unpaired) electrons.